The van der Waals surface area contributed by atoms with Crippen molar-refractivity contribution in [1.82, 2.24) is 24.9 Å². The minimum Gasteiger partial charge on any atom is -0.437 e. The molecule has 188 valence electrons. The van der Waals surface area contributed by atoms with E-state index in [0.29, 0.717) is 37.0 Å². The number of carbonyl (C=O) groups excluding carboxylic acids is 2. The number of nitrogens with one attached hydrogen (secondary N) is 1. The zero-order valence-electron chi connectivity index (χ0n) is 20.3. The fourth-order valence-corrected chi connectivity index (χ4v) is 4.95. The Bertz CT molecular complexity index is 1380. The highest BCUT2D eigenvalue weighted by Crippen LogP contribution is 2.38. The Morgan fingerprint density at radius 1 is 1.03 bits per heavy atom. The van der Waals surface area contributed by atoms with Crippen molar-refractivity contribution >= 4 is 22.6 Å². The molecule has 2 aromatic carbocycles. The summed E-state index contributed by atoms with van der Waals surface area (Å²) in [7, 11) is 3.86. The molecular weight excluding hydrogens is 465 g/mol. The lowest BCUT2D eigenvalue weighted by Crippen LogP contribution is -2.64. The number of ether oxygens (including phenoxy) is 1. The van der Waals surface area contributed by atoms with Crippen molar-refractivity contribution in [2.45, 2.75) is 24.8 Å². The molecule has 1 aromatic heterocycles. The Balaban J connectivity index is 1.30. The van der Waals surface area contributed by atoms with Crippen LogP contribution in [0.2, 0.25) is 0 Å². The number of carbonyl (C=O) groups is 2. The zero-order chi connectivity index (χ0) is 25.4. The first kappa shape index (κ1) is 23.9. The van der Waals surface area contributed by atoms with E-state index >= 15 is 0 Å². The first-order chi connectivity index (χ1) is 17.3. The van der Waals surface area contributed by atoms with E-state index in [-0.39, 0.29) is 28.7 Å². The van der Waals surface area contributed by atoms with Gasteiger partial charge in [-0.1, -0.05) is 12.1 Å². The highest BCUT2D eigenvalue weighted by atomic mass is 19.1. The van der Waals surface area contributed by atoms with Crippen molar-refractivity contribution in [3.8, 4) is 11.6 Å². The number of likely N-dealkylation sites (N-methyl/N-ethyl adjacent to an activating group) is 1. The van der Waals surface area contributed by atoms with Crippen LogP contribution in [0.25, 0.3) is 10.8 Å². The number of hydrogen-bond acceptors (Lipinski definition) is 6. The molecule has 2 heterocycles. The van der Waals surface area contributed by atoms with Gasteiger partial charge in [-0.15, -0.1) is 5.10 Å². The lowest BCUT2D eigenvalue weighted by molar-refractivity contribution is -0.150. The summed E-state index contributed by atoms with van der Waals surface area (Å²) in [6.45, 7) is 1.46. The van der Waals surface area contributed by atoms with Gasteiger partial charge in [0.05, 0.1) is 16.3 Å². The number of halogens is 1. The predicted molar refractivity (Wildman–Crippen MR) is 132 cm³/mol. The minimum atomic E-state index is -0.661. The first-order valence-electron chi connectivity index (χ1n) is 12.0. The summed E-state index contributed by atoms with van der Waals surface area (Å²) < 4.78 is 20.5. The van der Waals surface area contributed by atoms with Crippen molar-refractivity contribution in [2.24, 2.45) is 0 Å². The van der Waals surface area contributed by atoms with Crippen LogP contribution in [-0.4, -0.2) is 82.5 Å². The topological polar surface area (TPSA) is 98.8 Å². The fraction of sp³-hybridized carbons (Fsp3) is 0.385. The Kier molecular flexibility index (Phi) is 6.21. The first-order valence-corrected chi connectivity index (χ1v) is 12.0. The van der Waals surface area contributed by atoms with E-state index in [2.05, 4.69) is 10.2 Å². The fourth-order valence-electron chi connectivity index (χ4n) is 4.95. The lowest BCUT2D eigenvalue weighted by Gasteiger charge is -2.49. The summed E-state index contributed by atoms with van der Waals surface area (Å²) in [5.74, 6) is -0.654. The van der Waals surface area contributed by atoms with Crippen molar-refractivity contribution in [2.75, 3.05) is 40.3 Å². The summed E-state index contributed by atoms with van der Waals surface area (Å²) in [5.41, 5.74) is -0.909. The quantitative estimate of drug-likeness (QED) is 0.587. The molecule has 1 N–H and O–H groups in total. The summed E-state index contributed by atoms with van der Waals surface area (Å²) >= 11 is 0. The molecule has 9 nitrogen and oxygen atoms in total. The largest absolute Gasteiger partial charge is 0.437 e. The highest BCUT2D eigenvalue weighted by molar-refractivity contribution is 5.95. The van der Waals surface area contributed by atoms with Crippen LogP contribution in [0.4, 0.5) is 4.39 Å². The van der Waals surface area contributed by atoms with Gasteiger partial charge >= 0.3 is 0 Å². The van der Waals surface area contributed by atoms with Gasteiger partial charge in [0.25, 0.3) is 11.5 Å². The van der Waals surface area contributed by atoms with Crippen molar-refractivity contribution in [3.05, 3.63) is 64.2 Å². The molecule has 1 aliphatic heterocycles. The van der Waals surface area contributed by atoms with Gasteiger partial charge in [0.1, 0.15) is 17.1 Å². The van der Waals surface area contributed by atoms with Crippen LogP contribution in [-0.2, 0) is 4.79 Å². The van der Waals surface area contributed by atoms with Gasteiger partial charge in [-0.25, -0.2) is 9.49 Å². The summed E-state index contributed by atoms with van der Waals surface area (Å²) in [5, 5.41) is 7.26. The number of amides is 2. The SMILES string of the molecule is CN(C)C1(C(=O)N2CCN(C(=O)c3cc(Oc4n[nH]c(=O)c5ccccc45)ccc3F)CC2)CCC1. The standard InChI is InChI=1S/C26H28FN5O4/c1-30(2)26(10-5-11-26)25(35)32-14-12-31(13-15-32)24(34)20-16-17(8-9-21(20)27)36-23-19-7-4-3-6-18(19)22(33)28-29-23/h3-4,6-9,16H,5,10-15H2,1-2H3,(H,28,33). The molecule has 10 heteroatoms. The monoisotopic (exact) mass is 493 g/mol. The average molecular weight is 494 g/mol. The Morgan fingerprint density at radius 3 is 2.33 bits per heavy atom. The predicted octanol–water partition coefficient (Wildman–Crippen LogP) is 2.62. The van der Waals surface area contributed by atoms with Crippen LogP contribution in [0.3, 0.4) is 0 Å². The average Bonchev–Trinajstić information content (AvgIpc) is 2.85. The number of rotatable bonds is 5. The second-order valence-corrected chi connectivity index (χ2v) is 9.51. The second-order valence-electron chi connectivity index (χ2n) is 9.51. The molecule has 1 saturated carbocycles. The summed E-state index contributed by atoms with van der Waals surface area (Å²) in [4.78, 5) is 43.7. The van der Waals surface area contributed by atoms with E-state index < -0.39 is 17.3 Å². The maximum Gasteiger partial charge on any atom is 0.272 e. The number of nitrogens with zero attached hydrogens (tertiary/aromatic N) is 4. The molecular formula is C26H28FN5O4. The van der Waals surface area contributed by atoms with E-state index in [1.165, 1.54) is 18.2 Å². The van der Waals surface area contributed by atoms with Gasteiger partial charge in [0, 0.05) is 26.2 Å². The van der Waals surface area contributed by atoms with Gasteiger partial charge in [-0.05, 0) is 63.7 Å². The third kappa shape index (κ3) is 4.11. The Labute approximate surface area is 207 Å². The number of piperazine rings is 1. The Morgan fingerprint density at radius 2 is 1.69 bits per heavy atom. The summed E-state index contributed by atoms with van der Waals surface area (Å²) in [6.07, 6.45) is 2.72. The van der Waals surface area contributed by atoms with E-state index in [1.54, 1.807) is 29.2 Å². The van der Waals surface area contributed by atoms with Crippen LogP contribution >= 0.6 is 0 Å². The number of hydrogen-bond donors (Lipinski definition) is 1. The van der Waals surface area contributed by atoms with Gasteiger partial charge in [0.2, 0.25) is 11.8 Å². The number of aromatic amines is 1. The van der Waals surface area contributed by atoms with Crippen LogP contribution in [0.5, 0.6) is 11.6 Å². The van der Waals surface area contributed by atoms with E-state index in [4.69, 9.17) is 4.74 Å². The van der Waals surface area contributed by atoms with Crippen molar-refractivity contribution < 1.29 is 18.7 Å². The molecule has 0 unspecified atom stereocenters. The van der Waals surface area contributed by atoms with E-state index in [1.807, 2.05) is 23.9 Å². The minimum absolute atomic E-state index is 0.105. The maximum absolute atomic E-state index is 14.7. The number of fused-ring (bicyclic) bond motifs is 1. The molecule has 2 amide bonds. The van der Waals surface area contributed by atoms with Crippen molar-refractivity contribution in [1.29, 1.82) is 0 Å². The normalized spacial score (nSPS) is 17.2. The highest BCUT2D eigenvalue weighted by Gasteiger charge is 2.48. The Hall–Kier alpha value is -3.79. The molecule has 2 fully saturated rings. The van der Waals surface area contributed by atoms with Crippen LogP contribution < -0.4 is 10.3 Å². The number of aromatic nitrogens is 2. The van der Waals surface area contributed by atoms with Gasteiger partial charge in [-0.2, -0.15) is 0 Å². The van der Waals surface area contributed by atoms with Gasteiger partial charge < -0.3 is 14.5 Å². The smallest absolute Gasteiger partial charge is 0.272 e. The molecule has 5 rings (SSSR count). The van der Waals surface area contributed by atoms with E-state index in [0.717, 1.165) is 19.3 Å². The molecule has 2 aliphatic rings. The molecule has 1 saturated heterocycles. The lowest BCUT2D eigenvalue weighted by atomic mass is 9.74. The zero-order valence-corrected chi connectivity index (χ0v) is 20.3. The third-order valence-electron chi connectivity index (χ3n) is 7.33. The molecule has 36 heavy (non-hydrogen) atoms. The molecule has 1 aliphatic carbocycles. The maximum atomic E-state index is 14.7. The molecule has 0 bridgehead atoms. The van der Waals surface area contributed by atoms with Crippen LogP contribution in [0.1, 0.15) is 29.6 Å². The van der Waals surface area contributed by atoms with Gasteiger partial charge in [-0.3, -0.25) is 19.3 Å². The van der Waals surface area contributed by atoms with Crippen LogP contribution in [0, 0.1) is 5.82 Å². The molecule has 0 spiro atoms. The van der Waals surface area contributed by atoms with Crippen molar-refractivity contribution in [3.63, 3.8) is 0 Å². The molecule has 3 aromatic rings. The van der Waals surface area contributed by atoms with E-state index in [9.17, 15) is 18.8 Å². The van der Waals surface area contributed by atoms with Gasteiger partial charge in [0.15, 0.2) is 0 Å². The van der Waals surface area contributed by atoms with Crippen LogP contribution in [0.15, 0.2) is 47.3 Å². The molecule has 0 atom stereocenters. The third-order valence-corrected chi connectivity index (χ3v) is 7.33. The molecule has 0 radical (unpaired) electrons. The number of benzene rings is 2. The second kappa shape index (κ2) is 9.34. The summed E-state index contributed by atoms with van der Waals surface area (Å²) in [6, 6.07) is 10.8. The number of H-pyrrole nitrogens is 1.